The van der Waals surface area contributed by atoms with Crippen LogP contribution in [0, 0.1) is 0 Å². The molecule has 3 aromatic rings. The lowest BCUT2D eigenvalue weighted by Gasteiger charge is -2.33. The SMILES string of the molecule is C[C@@H]1CCCCN1Cc1c(O)ccc2c(=O)c(-c3ccc(Cl)cc3Cl)c(C(F)(F)F)oc12. The van der Waals surface area contributed by atoms with Crippen molar-refractivity contribution in [3.8, 4) is 16.9 Å². The Bertz CT molecular complexity index is 1240. The summed E-state index contributed by atoms with van der Waals surface area (Å²) < 4.78 is 47.5. The summed E-state index contributed by atoms with van der Waals surface area (Å²) in [5.41, 5.74) is -1.80. The summed E-state index contributed by atoms with van der Waals surface area (Å²) in [6, 6.07) is 6.65. The molecule has 0 spiro atoms. The van der Waals surface area contributed by atoms with Crippen molar-refractivity contribution in [2.75, 3.05) is 6.54 Å². The van der Waals surface area contributed by atoms with E-state index in [-0.39, 0.29) is 50.5 Å². The number of aromatic hydroxyl groups is 1. The smallest absolute Gasteiger partial charge is 0.450 e. The molecule has 0 amide bonds. The Morgan fingerprint density at radius 2 is 1.94 bits per heavy atom. The van der Waals surface area contributed by atoms with Crippen LogP contribution in [0.15, 0.2) is 39.5 Å². The predicted octanol–water partition coefficient (Wildman–Crippen LogP) is 6.87. The van der Waals surface area contributed by atoms with E-state index in [1.54, 1.807) is 0 Å². The van der Waals surface area contributed by atoms with Gasteiger partial charge in [0.15, 0.2) is 0 Å². The molecule has 0 bridgehead atoms. The average molecular weight is 486 g/mol. The Morgan fingerprint density at radius 3 is 2.59 bits per heavy atom. The number of hydrogen-bond donors (Lipinski definition) is 1. The van der Waals surface area contributed by atoms with Gasteiger partial charge in [0.1, 0.15) is 11.3 Å². The average Bonchev–Trinajstić information content (AvgIpc) is 2.71. The molecule has 1 aliphatic rings. The van der Waals surface area contributed by atoms with Crippen LogP contribution in [0.3, 0.4) is 0 Å². The lowest BCUT2D eigenvalue weighted by Crippen LogP contribution is -2.36. The van der Waals surface area contributed by atoms with Gasteiger partial charge in [-0.1, -0.05) is 35.7 Å². The minimum absolute atomic E-state index is 0.0588. The molecule has 1 saturated heterocycles. The molecule has 1 atom stereocenters. The van der Waals surface area contributed by atoms with Crippen molar-refractivity contribution in [1.29, 1.82) is 0 Å². The molecule has 2 heterocycles. The number of halogens is 5. The fourth-order valence-corrected chi connectivity index (χ4v) is 4.69. The number of rotatable bonds is 3. The Hall–Kier alpha value is -2.22. The Labute approximate surface area is 192 Å². The van der Waals surface area contributed by atoms with Crippen molar-refractivity contribution in [3.05, 3.63) is 61.9 Å². The number of hydrogen-bond acceptors (Lipinski definition) is 4. The van der Waals surface area contributed by atoms with Gasteiger partial charge in [-0.2, -0.15) is 13.2 Å². The molecule has 0 radical (unpaired) electrons. The van der Waals surface area contributed by atoms with Crippen LogP contribution >= 0.6 is 23.2 Å². The summed E-state index contributed by atoms with van der Waals surface area (Å²) in [7, 11) is 0. The second-order valence-electron chi connectivity index (χ2n) is 8.01. The topological polar surface area (TPSA) is 53.7 Å². The monoisotopic (exact) mass is 485 g/mol. The van der Waals surface area contributed by atoms with Crippen LogP contribution in [-0.4, -0.2) is 22.6 Å². The number of alkyl halides is 3. The molecule has 1 aliphatic heterocycles. The summed E-state index contributed by atoms with van der Waals surface area (Å²) in [4.78, 5) is 15.4. The summed E-state index contributed by atoms with van der Waals surface area (Å²) in [6.07, 6.45) is -2.00. The molecule has 0 unspecified atom stereocenters. The molecule has 9 heteroatoms. The Kier molecular flexibility index (Phi) is 6.18. The maximum absolute atomic E-state index is 14.0. The van der Waals surface area contributed by atoms with Crippen molar-refractivity contribution in [3.63, 3.8) is 0 Å². The number of piperidine rings is 1. The predicted molar refractivity (Wildman–Crippen MR) is 118 cm³/mol. The van der Waals surface area contributed by atoms with Gasteiger partial charge in [0.2, 0.25) is 11.2 Å². The van der Waals surface area contributed by atoms with Gasteiger partial charge in [-0.25, -0.2) is 0 Å². The summed E-state index contributed by atoms with van der Waals surface area (Å²) >= 11 is 12.0. The van der Waals surface area contributed by atoms with E-state index in [1.807, 2.05) is 6.92 Å². The van der Waals surface area contributed by atoms with Crippen molar-refractivity contribution < 1.29 is 22.7 Å². The van der Waals surface area contributed by atoms with E-state index < -0.39 is 22.9 Å². The first-order valence-corrected chi connectivity index (χ1v) is 10.9. The van der Waals surface area contributed by atoms with Gasteiger partial charge >= 0.3 is 6.18 Å². The zero-order chi connectivity index (χ0) is 23.2. The maximum Gasteiger partial charge on any atom is 0.450 e. The van der Waals surface area contributed by atoms with Crippen molar-refractivity contribution in [1.82, 2.24) is 4.90 Å². The molecule has 170 valence electrons. The molecule has 4 rings (SSSR count). The lowest BCUT2D eigenvalue weighted by atomic mass is 9.99. The minimum Gasteiger partial charge on any atom is -0.507 e. The van der Waals surface area contributed by atoms with Crippen LogP contribution < -0.4 is 5.43 Å². The fraction of sp³-hybridized carbons (Fsp3) is 0.348. The molecule has 4 nitrogen and oxygen atoms in total. The lowest BCUT2D eigenvalue weighted by molar-refractivity contribution is -0.152. The van der Waals surface area contributed by atoms with Crippen LogP contribution in [0.25, 0.3) is 22.1 Å². The number of fused-ring (bicyclic) bond motifs is 1. The van der Waals surface area contributed by atoms with Gasteiger partial charge in [0.25, 0.3) is 0 Å². The number of phenolic OH excluding ortho intramolecular Hbond substituents is 1. The molecule has 1 fully saturated rings. The van der Waals surface area contributed by atoms with Gasteiger partial charge in [0.05, 0.1) is 21.5 Å². The third-order valence-electron chi connectivity index (χ3n) is 5.90. The molecule has 32 heavy (non-hydrogen) atoms. The maximum atomic E-state index is 14.0. The molecular formula is C23H20Cl2F3NO3. The summed E-state index contributed by atoms with van der Waals surface area (Å²) in [6.45, 7) is 2.94. The number of phenols is 1. The quantitative estimate of drug-likeness (QED) is 0.439. The van der Waals surface area contributed by atoms with E-state index in [1.165, 1.54) is 30.3 Å². The third kappa shape index (κ3) is 4.21. The van der Waals surface area contributed by atoms with Crippen LogP contribution in [0.2, 0.25) is 10.0 Å². The molecule has 1 aromatic heterocycles. The highest BCUT2D eigenvalue weighted by molar-refractivity contribution is 6.36. The zero-order valence-electron chi connectivity index (χ0n) is 17.1. The van der Waals surface area contributed by atoms with E-state index in [0.29, 0.717) is 0 Å². The molecule has 1 N–H and O–H groups in total. The highest BCUT2D eigenvalue weighted by Crippen LogP contribution is 2.41. The number of benzene rings is 2. The van der Waals surface area contributed by atoms with E-state index in [0.717, 1.165) is 25.8 Å². The molecule has 0 saturated carbocycles. The Balaban J connectivity index is 1.99. The largest absolute Gasteiger partial charge is 0.507 e. The van der Waals surface area contributed by atoms with Crippen molar-refractivity contribution in [2.45, 2.75) is 44.9 Å². The van der Waals surface area contributed by atoms with Gasteiger partial charge in [0, 0.05) is 23.2 Å². The molecular weight excluding hydrogens is 466 g/mol. The van der Waals surface area contributed by atoms with Gasteiger partial charge in [-0.3, -0.25) is 9.69 Å². The highest BCUT2D eigenvalue weighted by Gasteiger charge is 2.40. The Morgan fingerprint density at radius 1 is 1.19 bits per heavy atom. The van der Waals surface area contributed by atoms with E-state index >= 15 is 0 Å². The second-order valence-corrected chi connectivity index (χ2v) is 8.86. The molecule has 0 aliphatic carbocycles. The normalized spacial score (nSPS) is 17.8. The van der Waals surface area contributed by atoms with E-state index in [4.69, 9.17) is 27.6 Å². The fourth-order valence-electron chi connectivity index (χ4n) is 4.19. The third-order valence-corrected chi connectivity index (χ3v) is 6.45. The first-order chi connectivity index (χ1) is 15.1. The number of likely N-dealkylation sites (tertiary alicyclic amines) is 1. The van der Waals surface area contributed by atoms with E-state index in [9.17, 15) is 23.1 Å². The van der Waals surface area contributed by atoms with E-state index in [2.05, 4.69) is 4.90 Å². The van der Waals surface area contributed by atoms with Crippen LogP contribution in [0.4, 0.5) is 13.2 Å². The summed E-state index contributed by atoms with van der Waals surface area (Å²) in [5, 5.41) is 10.5. The number of nitrogens with zero attached hydrogens (tertiary/aromatic N) is 1. The zero-order valence-corrected chi connectivity index (χ0v) is 18.6. The highest BCUT2D eigenvalue weighted by atomic mass is 35.5. The first-order valence-electron chi connectivity index (χ1n) is 10.2. The van der Waals surface area contributed by atoms with Crippen LogP contribution in [-0.2, 0) is 12.7 Å². The molecule has 2 aromatic carbocycles. The second kappa shape index (κ2) is 8.61. The minimum atomic E-state index is -4.97. The van der Waals surface area contributed by atoms with Crippen molar-refractivity contribution >= 4 is 34.2 Å². The van der Waals surface area contributed by atoms with Crippen LogP contribution in [0.5, 0.6) is 5.75 Å². The van der Waals surface area contributed by atoms with Gasteiger partial charge in [-0.05, 0) is 50.6 Å². The summed E-state index contributed by atoms with van der Waals surface area (Å²) in [5.74, 6) is -1.68. The van der Waals surface area contributed by atoms with Crippen molar-refractivity contribution in [2.24, 2.45) is 0 Å². The van der Waals surface area contributed by atoms with Gasteiger partial charge in [-0.15, -0.1) is 0 Å². The standard InChI is InChI=1S/C23H20Cl2F3NO3/c1-12-4-2-3-9-29(12)11-16-18(30)8-7-15-20(31)19(14-6-5-13(24)10-17(14)25)22(23(26,27)28)32-21(15)16/h5-8,10,12,30H,2-4,9,11H2,1H3/t12-/m1/s1. The van der Waals surface area contributed by atoms with Gasteiger partial charge < -0.3 is 9.52 Å². The van der Waals surface area contributed by atoms with Crippen LogP contribution in [0.1, 0.15) is 37.5 Å². The first kappa shape index (κ1) is 23.0.